The molecular formula is C12H20BrN3O. The molecular weight excluding hydrogens is 282 g/mol. The quantitative estimate of drug-likeness (QED) is 0.793. The highest BCUT2D eigenvalue weighted by Crippen LogP contribution is 2.27. The maximum atomic E-state index is 5.75. The molecule has 1 aromatic rings. The molecule has 3 N–H and O–H groups in total. The fourth-order valence-electron chi connectivity index (χ4n) is 1.28. The van der Waals surface area contributed by atoms with E-state index in [9.17, 15) is 0 Å². The lowest BCUT2D eigenvalue weighted by Gasteiger charge is -2.11. The Morgan fingerprint density at radius 1 is 1.53 bits per heavy atom. The molecule has 17 heavy (non-hydrogen) atoms. The number of hydrogen-bond acceptors (Lipinski definition) is 4. The van der Waals surface area contributed by atoms with Crippen LogP contribution in [0.25, 0.3) is 0 Å². The summed E-state index contributed by atoms with van der Waals surface area (Å²) in [5, 5.41) is 3.22. The maximum absolute atomic E-state index is 5.75. The summed E-state index contributed by atoms with van der Waals surface area (Å²) in [6.07, 6.45) is 1.66. The van der Waals surface area contributed by atoms with Crippen molar-refractivity contribution < 1.29 is 4.74 Å². The van der Waals surface area contributed by atoms with Crippen LogP contribution >= 0.6 is 15.9 Å². The molecule has 1 rings (SSSR count). The zero-order chi connectivity index (χ0) is 12.8. The minimum Gasteiger partial charge on any atom is -0.397 e. The largest absolute Gasteiger partial charge is 0.397 e. The molecule has 0 bridgehead atoms. The standard InChI is InChI=1S/C12H20BrN3O/c1-8(2)7-17-5-4-15-12-11(13)9(3)10(14)6-16-12/h6,8H,4-5,7,14H2,1-3H3,(H,15,16). The van der Waals surface area contributed by atoms with Crippen LogP contribution in [0.3, 0.4) is 0 Å². The van der Waals surface area contributed by atoms with Gasteiger partial charge in [-0.15, -0.1) is 0 Å². The first-order valence-electron chi connectivity index (χ1n) is 5.74. The van der Waals surface area contributed by atoms with E-state index in [0.29, 0.717) is 18.2 Å². The van der Waals surface area contributed by atoms with Gasteiger partial charge >= 0.3 is 0 Å². The Morgan fingerprint density at radius 3 is 2.88 bits per heavy atom. The van der Waals surface area contributed by atoms with Crippen molar-refractivity contribution in [1.29, 1.82) is 0 Å². The Labute approximate surface area is 111 Å². The Bertz CT molecular complexity index is 369. The molecule has 0 aliphatic carbocycles. The second-order valence-corrected chi connectivity index (χ2v) is 5.19. The summed E-state index contributed by atoms with van der Waals surface area (Å²) in [5.74, 6) is 1.38. The van der Waals surface area contributed by atoms with E-state index >= 15 is 0 Å². The summed E-state index contributed by atoms with van der Waals surface area (Å²) >= 11 is 3.48. The fourth-order valence-corrected chi connectivity index (χ4v) is 1.75. The Morgan fingerprint density at radius 2 is 2.24 bits per heavy atom. The number of halogens is 1. The number of nitrogens with one attached hydrogen (secondary N) is 1. The van der Waals surface area contributed by atoms with E-state index in [2.05, 4.69) is 40.1 Å². The first-order valence-corrected chi connectivity index (χ1v) is 6.53. The average Bonchev–Trinajstić information content (AvgIpc) is 2.28. The maximum Gasteiger partial charge on any atom is 0.140 e. The summed E-state index contributed by atoms with van der Waals surface area (Å²) in [7, 11) is 0. The fraction of sp³-hybridized carbons (Fsp3) is 0.583. The molecule has 0 amide bonds. The van der Waals surface area contributed by atoms with Gasteiger partial charge in [-0.25, -0.2) is 4.98 Å². The first-order chi connectivity index (χ1) is 8.02. The van der Waals surface area contributed by atoms with Crippen molar-refractivity contribution in [2.45, 2.75) is 20.8 Å². The molecule has 0 atom stereocenters. The van der Waals surface area contributed by atoms with Crippen molar-refractivity contribution in [3.63, 3.8) is 0 Å². The molecule has 96 valence electrons. The Balaban J connectivity index is 2.40. The number of anilines is 2. The second-order valence-electron chi connectivity index (χ2n) is 4.40. The molecule has 4 nitrogen and oxygen atoms in total. The van der Waals surface area contributed by atoms with E-state index in [4.69, 9.17) is 10.5 Å². The van der Waals surface area contributed by atoms with Crippen LogP contribution < -0.4 is 11.1 Å². The van der Waals surface area contributed by atoms with Gasteiger partial charge in [-0.2, -0.15) is 0 Å². The highest BCUT2D eigenvalue weighted by molar-refractivity contribution is 9.10. The van der Waals surface area contributed by atoms with Crippen LogP contribution in [0.5, 0.6) is 0 Å². The summed E-state index contributed by atoms with van der Waals surface area (Å²) < 4.78 is 6.40. The summed E-state index contributed by atoms with van der Waals surface area (Å²) in [4.78, 5) is 4.23. The van der Waals surface area contributed by atoms with Crippen LogP contribution in [0.4, 0.5) is 11.5 Å². The van der Waals surface area contributed by atoms with Gasteiger partial charge in [0, 0.05) is 13.2 Å². The van der Waals surface area contributed by atoms with Gasteiger partial charge in [0.25, 0.3) is 0 Å². The van der Waals surface area contributed by atoms with Crippen LogP contribution in [0.1, 0.15) is 19.4 Å². The highest BCUT2D eigenvalue weighted by atomic mass is 79.9. The number of ether oxygens (including phenoxy) is 1. The van der Waals surface area contributed by atoms with Gasteiger partial charge in [0.1, 0.15) is 5.82 Å². The molecule has 1 heterocycles. The van der Waals surface area contributed by atoms with Crippen molar-refractivity contribution >= 4 is 27.4 Å². The van der Waals surface area contributed by atoms with Gasteiger partial charge in [0.15, 0.2) is 0 Å². The minimum atomic E-state index is 0.568. The number of hydrogen-bond donors (Lipinski definition) is 2. The molecule has 1 aromatic heterocycles. The van der Waals surface area contributed by atoms with Gasteiger partial charge < -0.3 is 15.8 Å². The minimum absolute atomic E-state index is 0.568. The van der Waals surface area contributed by atoms with Gasteiger partial charge in [0.05, 0.1) is 23.0 Å². The van der Waals surface area contributed by atoms with E-state index in [0.717, 1.165) is 29.0 Å². The van der Waals surface area contributed by atoms with Crippen LogP contribution in [-0.4, -0.2) is 24.7 Å². The zero-order valence-electron chi connectivity index (χ0n) is 10.6. The average molecular weight is 302 g/mol. The van der Waals surface area contributed by atoms with E-state index in [1.54, 1.807) is 6.20 Å². The van der Waals surface area contributed by atoms with E-state index < -0.39 is 0 Å². The predicted octanol–water partition coefficient (Wildman–Crippen LogP) is 2.82. The summed E-state index contributed by atoms with van der Waals surface area (Å²) in [6, 6.07) is 0. The number of nitrogens with zero attached hydrogens (tertiary/aromatic N) is 1. The SMILES string of the molecule is Cc1c(N)cnc(NCCOCC(C)C)c1Br. The van der Waals surface area contributed by atoms with Crippen molar-refractivity contribution in [1.82, 2.24) is 4.98 Å². The molecule has 0 aliphatic heterocycles. The molecule has 0 fully saturated rings. The predicted molar refractivity (Wildman–Crippen MR) is 75.2 cm³/mol. The number of nitrogen functional groups attached to an aromatic ring is 1. The lowest BCUT2D eigenvalue weighted by molar-refractivity contribution is 0.118. The van der Waals surface area contributed by atoms with Crippen molar-refractivity contribution in [3.05, 3.63) is 16.2 Å². The normalized spacial score (nSPS) is 10.9. The Hall–Kier alpha value is -0.810. The smallest absolute Gasteiger partial charge is 0.140 e. The number of rotatable bonds is 6. The zero-order valence-corrected chi connectivity index (χ0v) is 12.2. The molecule has 0 aromatic carbocycles. The van der Waals surface area contributed by atoms with Gasteiger partial charge in [-0.3, -0.25) is 0 Å². The van der Waals surface area contributed by atoms with Crippen LogP contribution in [0.15, 0.2) is 10.7 Å². The highest BCUT2D eigenvalue weighted by Gasteiger charge is 2.06. The Kier molecular flexibility index (Phi) is 5.71. The van der Waals surface area contributed by atoms with Crippen molar-refractivity contribution in [3.8, 4) is 0 Å². The molecule has 5 heteroatoms. The second kappa shape index (κ2) is 6.81. The summed E-state index contributed by atoms with van der Waals surface area (Å²) in [5.41, 5.74) is 7.45. The third-order valence-corrected chi connectivity index (χ3v) is 3.26. The third-order valence-electron chi connectivity index (χ3n) is 2.29. The molecule has 0 saturated heterocycles. The van der Waals surface area contributed by atoms with Gasteiger partial charge in [0.2, 0.25) is 0 Å². The third kappa shape index (κ3) is 4.52. The molecule has 0 saturated carbocycles. The van der Waals surface area contributed by atoms with Gasteiger partial charge in [-0.05, 0) is 34.3 Å². The molecule has 0 unspecified atom stereocenters. The summed E-state index contributed by atoms with van der Waals surface area (Å²) in [6.45, 7) is 8.43. The van der Waals surface area contributed by atoms with Crippen LogP contribution in [0, 0.1) is 12.8 Å². The molecule has 0 aliphatic rings. The van der Waals surface area contributed by atoms with Crippen LogP contribution in [0.2, 0.25) is 0 Å². The molecule has 0 radical (unpaired) electrons. The van der Waals surface area contributed by atoms with E-state index in [-0.39, 0.29) is 0 Å². The number of aromatic nitrogens is 1. The topological polar surface area (TPSA) is 60.2 Å². The van der Waals surface area contributed by atoms with E-state index in [1.807, 2.05) is 6.92 Å². The van der Waals surface area contributed by atoms with Crippen molar-refractivity contribution in [2.24, 2.45) is 5.92 Å². The lowest BCUT2D eigenvalue weighted by Crippen LogP contribution is -2.13. The molecule has 0 spiro atoms. The van der Waals surface area contributed by atoms with Gasteiger partial charge in [-0.1, -0.05) is 13.8 Å². The van der Waals surface area contributed by atoms with Crippen molar-refractivity contribution in [2.75, 3.05) is 30.8 Å². The number of pyridine rings is 1. The monoisotopic (exact) mass is 301 g/mol. The number of nitrogens with two attached hydrogens (primary N) is 1. The van der Waals surface area contributed by atoms with E-state index in [1.165, 1.54) is 0 Å². The van der Waals surface area contributed by atoms with Crippen LogP contribution in [-0.2, 0) is 4.74 Å². The lowest BCUT2D eigenvalue weighted by atomic mass is 10.2. The first kappa shape index (κ1) is 14.3.